The molecule has 0 spiro atoms. The van der Waals surface area contributed by atoms with Crippen molar-refractivity contribution in [2.75, 3.05) is 18.5 Å². The zero-order valence-corrected chi connectivity index (χ0v) is 17.5. The van der Waals surface area contributed by atoms with Crippen LogP contribution in [0.3, 0.4) is 0 Å². The number of para-hydroxylation sites is 1. The number of hydrogen-bond acceptors (Lipinski definition) is 6. The van der Waals surface area contributed by atoms with Crippen LogP contribution in [-0.2, 0) is 14.3 Å². The van der Waals surface area contributed by atoms with Crippen LogP contribution in [-0.4, -0.2) is 40.7 Å². The van der Waals surface area contributed by atoms with E-state index >= 15 is 0 Å². The molecule has 2 heterocycles. The molecule has 0 aliphatic rings. The summed E-state index contributed by atoms with van der Waals surface area (Å²) in [6.07, 6.45) is -0.0207. The minimum atomic E-state index is -0.566. The topological polar surface area (TPSA) is 102 Å². The molecule has 0 fully saturated rings. The van der Waals surface area contributed by atoms with Gasteiger partial charge in [0.25, 0.3) is 11.8 Å². The van der Waals surface area contributed by atoms with Crippen molar-refractivity contribution >= 4 is 34.8 Å². The molecule has 9 heteroatoms. The van der Waals surface area contributed by atoms with E-state index in [9.17, 15) is 14.4 Å². The number of rotatable bonds is 8. The molecule has 2 N–H and O–H groups in total. The molecule has 3 rings (SSSR count). The molecule has 8 nitrogen and oxygen atoms in total. The highest BCUT2D eigenvalue weighted by Crippen LogP contribution is 2.22. The first-order valence-corrected chi connectivity index (χ1v) is 10.3. The molecule has 2 aromatic heterocycles. The molecule has 0 unspecified atom stereocenters. The van der Waals surface area contributed by atoms with Gasteiger partial charge in [-0.1, -0.05) is 18.2 Å². The van der Waals surface area contributed by atoms with E-state index in [0.29, 0.717) is 16.9 Å². The SMILES string of the molecule is Cc1nn(-c2ccccc2)c(C)c1NC(=O)COC(=O)CCNC(=O)c1ccsc1. The summed E-state index contributed by atoms with van der Waals surface area (Å²) < 4.78 is 6.74. The summed E-state index contributed by atoms with van der Waals surface area (Å²) in [6, 6.07) is 11.3. The van der Waals surface area contributed by atoms with Gasteiger partial charge in [0.15, 0.2) is 6.61 Å². The second-order valence-corrected chi connectivity index (χ2v) is 7.30. The lowest BCUT2D eigenvalue weighted by Gasteiger charge is -2.08. The van der Waals surface area contributed by atoms with Gasteiger partial charge in [-0.15, -0.1) is 0 Å². The number of esters is 1. The zero-order chi connectivity index (χ0) is 21.5. The van der Waals surface area contributed by atoms with Crippen LogP contribution < -0.4 is 10.6 Å². The minimum absolute atomic E-state index is 0.0207. The van der Waals surface area contributed by atoms with Gasteiger partial charge in [-0.3, -0.25) is 14.4 Å². The fraction of sp³-hybridized carbons (Fsp3) is 0.238. The van der Waals surface area contributed by atoms with Crippen LogP contribution >= 0.6 is 11.3 Å². The summed E-state index contributed by atoms with van der Waals surface area (Å²) in [5.74, 6) is -1.27. The molecule has 0 aliphatic heterocycles. The predicted octanol–water partition coefficient (Wildman–Crippen LogP) is 2.85. The highest BCUT2D eigenvalue weighted by molar-refractivity contribution is 7.08. The Kier molecular flexibility index (Phi) is 6.97. The second kappa shape index (κ2) is 9.84. The average Bonchev–Trinajstić information content (AvgIpc) is 3.37. The maximum atomic E-state index is 12.2. The Balaban J connectivity index is 1.46. The Bertz CT molecular complexity index is 1030. The Morgan fingerprint density at radius 3 is 2.60 bits per heavy atom. The third-order valence-electron chi connectivity index (χ3n) is 4.32. The van der Waals surface area contributed by atoms with Crippen LogP contribution in [0.4, 0.5) is 5.69 Å². The summed E-state index contributed by atoms with van der Waals surface area (Å²) >= 11 is 1.42. The Labute approximate surface area is 177 Å². The van der Waals surface area contributed by atoms with Crippen molar-refractivity contribution < 1.29 is 19.1 Å². The van der Waals surface area contributed by atoms with Crippen LogP contribution in [0.5, 0.6) is 0 Å². The standard InChI is InChI=1S/C21H22N4O4S/c1-14-20(15(2)25(24-14)17-6-4-3-5-7-17)23-18(26)12-29-19(27)8-10-22-21(28)16-9-11-30-13-16/h3-7,9,11,13H,8,10,12H2,1-2H3,(H,22,28)(H,23,26). The monoisotopic (exact) mass is 426 g/mol. The number of nitrogens with one attached hydrogen (secondary N) is 2. The van der Waals surface area contributed by atoms with Gasteiger partial charge in [0.2, 0.25) is 0 Å². The summed E-state index contributed by atoms with van der Waals surface area (Å²) in [5, 5.41) is 13.4. The van der Waals surface area contributed by atoms with Crippen molar-refractivity contribution in [3.8, 4) is 5.69 Å². The number of carbonyl (C=O) groups is 3. The minimum Gasteiger partial charge on any atom is -0.456 e. The van der Waals surface area contributed by atoms with Gasteiger partial charge < -0.3 is 15.4 Å². The number of ether oxygens (including phenoxy) is 1. The molecule has 1 aromatic carbocycles. The van der Waals surface area contributed by atoms with Gasteiger partial charge in [-0.25, -0.2) is 4.68 Å². The van der Waals surface area contributed by atoms with E-state index in [4.69, 9.17) is 4.74 Å². The van der Waals surface area contributed by atoms with Crippen LogP contribution in [0.2, 0.25) is 0 Å². The van der Waals surface area contributed by atoms with Crippen molar-refractivity contribution in [2.24, 2.45) is 0 Å². The molecular formula is C21H22N4O4S. The number of amides is 2. The number of aromatic nitrogens is 2. The van der Waals surface area contributed by atoms with E-state index in [1.54, 1.807) is 28.4 Å². The summed E-state index contributed by atoms with van der Waals surface area (Å²) in [7, 11) is 0. The summed E-state index contributed by atoms with van der Waals surface area (Å²) in [4.78, 5) is 35.8. The predicted molar refractivity (Wildman–Crippen MR) is 114 cm³/mol. The van der Waals surface area contributed by atoms with Gasteiger partial charge in [0.05, 0.1) is 29.2 Å². The van der Waals surface area contributed by atoms with Crippen LogP contribution in [0, 0.1) is 13.8 Å². The number of carbonyl (C=O) groups excluding carboxylic acids is 3. The molecule has 0 radical (unpaired) electrons. The third-order valence-corrected chi connectivity index (χ3v) is 5.00. The lowest BCUT2D eigenvalue weighted by Crippen LogP contribution is -2.27. The first-order valence-electron chi connectivity index (χ1n) is 9.33. The quantitative estimate of drug-likeness (QED) is 0.539. The molecule has 0 saturated carbocycles. The van der Waals surface area contributed by atoms with Crippen molar-refractivity contribution in [3.05, 3.63) is 64.1 Å². The van der Waals surface area contributed by atoms with Gasteiger partial charge >= 0.3 is 5.97 Å². The van der Waals surface area contributed by atoms with Gasteiger partial charge in [0.1, 0.15) is 0 Å². The fourth-order valence-corrected chi connectivity index (χ4v) is 3.45. The Morgan fingerprint density at radius 1 is 1.13 bits per heavy atom. The molecule has 30 heavy (non-hydrogen) atoms. The van der Waals surface area contributed by atoms with Crippen molar-refractivity contribution in [2.45, 2.75) is 20.3 Å². The molecule has 0 atom stereocenters. The highest BCUT2D eigenvalue weighted by Gasteiger charge is 2.16. The van der Waals surface area contributed by atoms with Gasteiger partial charge in [0, 0.05) is 17.5 Å². The maximum absolute atomic E-state index is 12.2. The number of benzene rings is 1. The lowest BCUT2D eigenvalue weighted by atomic mass is 10.3. The number of anilines is 1. The van der Waals surface area contributed by atoms with E-state index in [0.717, 1.165) is 11.4 Å². The Hall–Kier alpha value is -3.46. The molecule has 0 bridgehead atoms. The largest absolute Gasteiger partial charge is 0.456 e. The first kappa shape index (κ1) is 21.3. The number of nitrogens with zero attached hydrogens (tertiary/aromatic N) is 2. The molecule has 0 saturated heterocycles. The molecule has 2 amide bonds. The fourth-order valence-electron chi connectivity index (χ4n) is 2.81. The van der Waals surface area contributed by atoms with E-state index in [2.05, 4.69) is 15.7 Å². The maximum Gasteiger partial charge on any atom is 0.308 e. The third kappa shape index (κ3) is 5.32. The van der Waals surface area contributed by atoms with E-state index in [-0.39, 0.29) is 18.9 Å². The van der Waals surface area contributed by atoms with E-state index in [1.165, 1.54) is 11.3 Å². The Morgan fingerprint density at radius 2 is 1.90 bits per heavy atom. The molecule has 156 valence electrons. The lowest BCUT2D eigenvalue weighted by molar-refractivity contribution is -0.147. The molecular weight excluding hydrogens is 404 g/mol. The smallest absolute Gasteiger partial charge is 0.308 e. The molecule has 3 aromatic rings. The van der Waals surface area contributed by atoms with Crippen LogP contribution in [0.15, 0.2) is 47.2 Å². The van der Waals surface area contributed by atoms with Crippen LogP contribution in [0.25, 0.3) is 5.69 Å². The number of aryl methyl sites for hydroxylation is 1. The number of thiophene rings is 1. The normalized spacial score (nSPS) is 10.5. The van der Waals surface area contributed by atoms with Crippen molar-refractivity contribution in [1.82, 2.24) is 15.1 Å². The van der Waals surface area contributed by atoms with Crippen molar-refractivity contribution in [1.29, 1.82) is 0 Å². The van der Waals surface area contributed by atoms with Gasteiger partial charge in [-0.05, 0) is 37.4 Å². The summed E-state index contributed by atoms with van der Waals surface area (Å²) in [5.41, 5.74) is 3.45. The van der Waals surface area contributed by atoms with Crippen molar-refractivity contribution in [3.63, 3.8) is 0 Å². The van der Waals surface area contributed by atoms with Gasteiger partial charge in [-0.2, -0.15) is 16.4 Å². The highest BCUT2D eigenvalue weighted by atomic mass is 32.1. The second-order valence-electron chi connectivity index (χ2n) is 6.52. The van der Waals surface area contributed by atoms with Crippen LogP contribution in [0.1, 0.15) is 28.2 Å². The average molecular weight is 426 g/mol. The zero-order valence-electron chi connectivity index (χ0n) is 16.7. The molecule has 0 aliphatic carbocycles. The van der Waals surface area contributed by atoms with E-state index < -0.39 is 18.5 Å². The first-order chi connectivity index (χ1) is 14.5. The summed E-state index contributed by atoms with van der Waals surface area (Å²) in [6.45, 7) is 3.37. The number of hydrogen-bond donors (Lipinski definition) is 2. The van der Waals surface area contributed by atoms with E-state index in [1.807, 2.05) is 37.3 Å².